The van der Waals surface area contributed by atoms with E-state index in [2.05, 4.69) is 0 Å². The van der Waals surface area contributed by atoms with Crippen molar-refractivity contribution in [2.24, 2.45) is 5.73 Å². The van der Waals surface area contributed by atoms with Gasteiger partial charge in [0.15, 0.2) is 0 Å². The largest absolute Gasteiger partial charge is 0.508 e. The van der Waals surface area contributed by atoms with Gasteiger partial charge in [-0.05, 0) is 30.3 Å². The number of carbonyl (C=O) groups is 1. The number of rotatable bonds is 3. The lowest BCUT2D eigenvalue weighted by Crippen LogP contribution is -2.28. The summed E-state index contributed by atoms with van der Waals surface area (Å²) >= 11 is 4.97. The molecule has 0 radical (unpaired) electrons. The molecule has 0 aliphatic carbocycles. The summed E-state index contributed by atoms with van der Waals surface area (Å²) in [6.45, 7) is 0. The monoisotopic (exact) mass is 302 g/mol. The summed E-state index contributed by atoms with van der Waals surface area (Å²) in [5, 5.41) is 19.2. The van der Waals surface area contributed by atoms with Gasteiger partial charge in [0.05, 0.1) is 11.3 Å². The second-order valence-corrected chi connectivity index (χ2v) is 4.89. The van der Waals surface area contributed by atoms with Gasteiger partial charge in [0.1, 0.15) is 16.5 Å². The number of nitrogens with two attached hydrogens (primary N) is 1. The van der Waals surface area contributed by atoms with E-state index in [0.29, 0.717) is 11.3 Å². The molecule has 0 aliphatic rings. The fraction of sp³-hybridized carbons (Fsp3) is 0.0667. The summed E-state index contributed by atoms with van der Waals surface area (Å²) in [4.78, 5) is 14.0. The van der Waals surface area contributed by atoms with E-state index in [4.69, 9.17) is 18.0 Å². The number of para-hydroxylation sites is 1. The molecule has 2 aromatic carbocycles. The third-order valence-corrected chi connectivity index (χ3v) is 3.27. The standard InChI is InChI=1S/C15H14N2O3S/c1-17(12-5-3-2-4-10(12)14(16)21)15(20)11-8-9(18)6-7-13(11)19/h2-8,18-19H,1H3,(H2,16,21). The number of nitrogens with zero attached hydrogens (tertiary/aromatic N) is 1. The molecule has 2 aromatic rings. The van der Waals surface area contributed by atoms with Crippen molar-refractivity contribution >= 4 is 28.8 Å². The second kappa shape index (κ2) is 5.80. The molecule has 0 bridgehead atoms. The van der Waals surface area contributed by atoms with E-state index in [1.54, 1.807) is 31.3 Å². The van der Waals surface area contributed by atoms with Crippen LogP contribution in [0.15, 0.2) is 42.5 Å². The first-order chi connectivity index (χ1) is 9.91. The quantitative estimate of drug-likeness (QED) is 0.596. The maximum atomic E-state index is 12.5. The number of carbonyl (C=O) groups excluding carboxylic acids is 1. The Balaban J connectivity index is 2.45. The van der Waals surface area contributed by atoms with E-state index in [0.717, 1.165) is 0 Å². The van der Waals surface area contributed by atoms with Crippen LogP contribution in [-0.4, -0.2) is 28.2 Å². The van der Waals surface area contributed by atoms with Crippen molar-refractivity contribution in [2.45, 2.75) is 0 Å². The summed E-state index contributed by atoms with van der Waals surface area (Å²) < 4.78 is 0. The van der Waals surface area contributed by atoms with Gasteiger partial charge in [-0.25, -0.2) is 0 Å². The molecular weight excluding hydrogens is 288 g/mol. The first kappa shape index (κ1) is 14.8. The van der Waals surface area contributed by atoms with Gasteiger partial charge in [-0.1, -0.05) is 24.4 Å². The predicted octanol–water partition coefficient (Wildman–Crippen LogP) is 2.01. The highest BCUT2D eigenvalue weighted by molar-refractivity contribution is 7.80. The maximum absolute atomic E-state index is 12.5. The number of phenols is 2. The minimum absolute atomic E-state index is 0.00440. The van der Waals surface area contributed by atoms with Gasteiger partial charge in [-0.15, -0.1) is 0 Å². The third kappa shape index (κ3) is 2.95. The van der Waals surface area contributed by atoms with Crippen molar-refractivity contribution in [1.29, 1.82) is 0 Å². The molecule has 0 fully saturated rings. The number of hydrogen-bond acceptors (Lipinski definition) is 4. The zero-order valence-electron chi connectivity index (χ0n) is 11.3. The zero-order chi connectivity index (χ0) is 15.6. The van der Waals surface area contributed by atoms with Gasteiger partial charge >= 0.3 is 0 Å². The Morgan fingerprint density at radius 1 is 1.14 bits per heavy atom. The predicted molar refractivity (Wildman–Crippen MR) is 84.8 cm³/mol. The summed E-state index contributed by atoms with van der Waals surface area (Å²) in [5.74, 6) is -0.795. The van der Waals surface area contributed by atoms with Crippen LogP contribution in [-0.2, 0) is 0 Å². The highest BCUT2D eigenvalue weighted by atomic mass is 32.1. The van der Waals surface area contributed by atoms with Crippen LogP contribution < -0.4 is 10.6 Å². The average Bonchev–Trinajstić information content (AvgIpc) is 2.48. The van der Waals surface area contributed by atoms with E-state index in [9.17, 15) is 15.0 Å². The zero-order valence-corrected chi connectivity index (χ0v) is 12.1. The van der Waals surface area contributed by atoms with E-state index in [-0.39, 0.29) is 22.1 Å². The van der Waals surface area contributed by atoms with E-state index in [1.165, 1.54) is 23.1 Å². The van der Waals surface area contributed by atoms with Crippen LogP contribution >= 0.6 is 12.2 Å². The number of aromatic hydroxyl groups is 2. The molecule has 0 heterocycles. The molecule has 108 valence electrons. The number of phenolic OH excluding ortho intramolecular Hbond substituents is 2. The molecule has 2 rings (SSSR count). The lowest BCUT2D eigenvalue weighted by Gasteiger charge is -2.20. The van der Waals surface area contributed by atoms with Gasteiger partial charge in [0.25, 0.3) is 5.91 Å². The van der Waals surface area contributed by atoms with Crippen LogP contribution in [0.2, 0.25) is 0 Å². The topological polar surface area (TPSA) is 86.8 Å². The van der Waals surface area contributed by atoms with Crippen molar-refractivity contribution in [3.8, 4) is 11.5 Å². The van der Waals surface area contributed by atoms with Gasteiger partial charge in [-0.2, -0.15) is 0 Å². The lowest BCUT2D eigenvalue weighted by molar-refractivity contribution is 0.0990. The minimum atomic E-state index is -0.480. The van der Waals surface area contributed by atoms with E-state index < -0.39 is 5.91 Å². The Bertz CT molecular complexity index is 716. The molecule has 6 heteroatoms. The number of hydrogen-bond donors (Lipinski definition) is 3. The minimum Gasteiger partial charge on any atom is -0.508 e. The SMILES string of the molecule is CN(C(=O)c1cc(O)ccc1O)c1ccccc1C(N)=S. The molecule has 0 saturated heterocycles. The third-order valence-electron chi connectivity index (χ3n) is 3.05. The van der Waals surface area contributed by atoms with Gasteiger partial charge in [-0.3, -0.25) is 4.79 Å². The van der Waals surface area contributed by atoms with Gasteiger partial charge < -0.3 is 20.8 Å². The number of thiocarbonyl (C=S) groups is 1. The first-order valence-corrected chi connectivity index (χ1v) is 6.51. The highest BCUT2D eigenvalue weighted by Crippen LogP contribution is 2.26. The Hall–Kier alpha value is -2.60. The Morgan fingerprint density at radius 2 is 1.81 bits per heavy atom. The van der Waals surface area contributed by atoms with Crippen LogP contribution in [0, 0.1) is 0 Å². The summed E-state index contributed by atoms with van der Waals surface area (Å²) in [6.07, 6.45) is 0. The molecule has 1 amide bonds. The van der Waals surface area contributed by atoms with Crippen LogP contribution in [0.25, 0.3) is 0 Å². The molecule has 0 aromatic heterocycles. The molecule has 0 saturated carbocycles. The maximum Gasteiger partial charge on any atom is 0.261 e. The van der Waals surface area contributed by atoms with Crippen LogP contribution in [0.1, 0.15) is 15.9 Å². The van der Waals surface area contributed by atoms with Crippen molar-refractivity contribution in [3.63, 3.8) is 0 Å². The molecule has 0 unspecified atom stereocenters. The smallest absolute Gasteiger partial charge is 0.261 e. The second-order valence-electron chi connectivity index (χ2n) is 4.45. The molecule has 0 atom stereocenters. The van der Waals surface area contributed by atoms with Crippen molar-refractivity contribution < 1.29 is 15.0 Å². The molecule has 0 aliphatic heterocycles. The normalized spacial score (nSPS) is 10.1. The lowest BCUT2D eigenvalue weighted by atomic mass is 10.1. The fourth-order valence-electron chi connectivity index (χ4n) is 1.96. The number of amides is 1. The Morgan fingerprint density at radius 3 is 2.48 bits per heavy atom. The Kier molecular flexibility index (Phi) is 4.09. The van der Waals surface area contributed by atoms with Crippen LogP contribution in [0.3, 0.4) is 0 Å². The number of anilines is 1. The van der Waals surface area contributed by atoms with E-state index >= 15 is 0 Å². The first-order valence-electron chi connectivity index (χ1n) is 6.10. The van der Waals surface area contributed by atoms with Gasteiger partial charge in [0, 0.05) is 12.6 Å². The molecule has 0 spiro atoms. The average molecular weight is 302 g/mol. The van der Waals surface area contributed by atoms with Crippen molar-refractivity contribution in [3.05, 3.63) is 53.6 Å². The summed E-state index contributed by atoms with van der Waals surface area (Å²) in [7, 11) is 1.54. The molecule has 21 heavy (non-hydrogen) atoms. The molecular formula is C15H14N2O3S. The Labute approximate surface area is 127 Å². The van der Waals surface area contributed by atoms with Crippen LogP contribution in [0.4, 0.5) is 5.69 Å². The van der Waals surface area contributed by atoms with Crippen LogP contribution in [0.5, 0.6) is 11.5 Å². The number of benzene rings is 2. The van der Waals surface area contributed by atoms with Gasteiger partial charge in [0.2, 0.25) is 0 Å². The van der Waals surface area contributed by atoms with Crippen molar-refractivity contribution in [2.75, 3.05) is 11.9 Å². The van der Waals surface area contributed by atoms with E-state index in [1.807, 2.05) is 0 Å². The fourth-order valence-corrected chi connectivity index (χ4v) is 2.13. The highest BCUT2D eigenvalue weighted by Gasteiger charge is 2.20. The molecule has 4 N–H and O–H groups in total. The summed E-state index contributed by atoms with van der Waals surface area (Å²) in [5.41, 5.74) is 6.73. The molecule has 5 nitrogen and oxygen atoms in total. The summed E-state index contributed by atoms with van der Waals surface area (Å²) in [6, 6.07) is 10.7. The van der Waals surface area contributed by atoms with Crippen molar-refractivity contribution in [1.82, 2.24) is 0 Å².